The Morgan fingerprint density at radius 1 is 1.32 bits per heavy atom. The van der Waals surface area contributed by atoms with Crippen molar-refractivity contribution in [3.8, 4) is 0 Å². The van der Waals surface area contributed by atoms with Gasteiger partial charge in [0, 0.05) is 12.1 Å². The largest absolute Gasteiger partial charge is 0.459 e. The highest BCUT2D eigenvalue weighted by molar-refractivity contribution is 5.69. The fourth-order valence-corrected chi connectivity index (χ4v) is 2.72. The van der Waals surface area contributed by atoms with Crippen molar-refractivity contribution in [2.75, 3.05) is 0 Å². The topological polar surface area (TPSA) is 44.1 Å². The van der Waals surface area contributed by atoms with E-state index in [1.807, 2.05) is 0 Å². The van der Waals surface area contributed by atoms with E-state index < -0.39 is 23.4 Å². The van der Waals surface area contributed by atoms with Gasteiger partial charge in [-0.25, -0.2) is 4.98 Å². The van der Waals surface area contributed by atoms with E-state index in [0.29, 0.717) is 5.82 Å². The van der Waals surface area contributed by atoms with Crippen LogP contribution in [-0.2, 0) is 22.3 Å². The molecule has 7 heteroatoms. The summed E-state index contributed by atoms with van der Waals surface area (Å²) in [5.41, 5.74) is -1.61. The van der Waals surface area contributed by atoms with E-state index in [9.17, 15) is 18.0 Å². The van der Waals surface area contributed by atoms with Gasteiger partial charge in [0.05, 0.1) is 0 Å². The van der Waals surface area contributed by atoms with Crippen LogP contribution < -0.4 is 0 Å². The zero-order valence-electron chi connectivity index (χ0n) is 13.0. The second-order valence-corrected chi connectivity index (χ2v) is 6.68. The van der Waals surface area contributed by atoms with Gasteiger partial charge in [-0.3, -0.25) is 4.79 Å². The van der Waals surface area contributed by atoms with Crippen molar-refractivity contribution in [3.63, 3.8) is 0 Å². The number of imidazole rings is 1. The molecule has 0 radical (unpaired) electrons. The first kappa shape index (κ1) is 16.8. The molecule has 0 atom stereocenters. The number of aromatic nitrogens is 2. The van der Waals surface area contributed by atoms with Gasteiger partial charge in [-0.1, -0.05) is 12.8 Å². The van der Waals surface area contributed by atoms with E-state index in [0.717, 1.165) is 31.9 Å². The average molecular weight is 318 g/mol. The van der Waals surface area contributed by atoms with Crippen molar-refractivity contribution in [2.45, 2.75) is 70.7 Å². The second-order valence-electron chi connectivity index (χ2n) is 6.68. The van der Waals surface area contributed by atoms with E-state index in [-0.39, 0.29) is 12.5 Å². The molecule has 2 rings (SSSR count). The molecule has 0 amide bonds. The fourth-order valence-electron chi connectivity index (χ4n) is 2.72. The number of hydrogen-bond donors (Lipinski definition) is 0. The van der Waals surface area contributed by atoms with Gasteiger partial charge in [-0.05, 0) is 33.6 Å². The monoisotopic (exact) mass is 318 g/mol. The van der Waals surface area contributed by atoms with E-state index in [1.54, 1.807) is 20.8 Å². The lowest BCUT2D eigenvalue weighted by Crippen LogP contribution is -2.27. The summed E-state index contributed by atoms with van der Waals surface area (Å²) in [6.07, 6.45) is -0.0218. The van der Waals surface area contributed by atoms with Crippen LogP contribution >= 0.6 is 0 Å². The highest BCUT2D eigenvalue weighted by Crippen LogP contribution is 2.36. The summed E-state index contributed by atoms with van der Waals surface area (Å²) in [5, 5.41) is 0. The fraction of sp³-hybridized carbons (Fsp3) is 0.733. The molecule has 0 unspecified atom stereocenters. The number of carbonyl (C=O) groups is 1. The van der Waals surface area contributed by atoms with Crippen molar-refractivity contribution >= 4 is 5.97 Å². The van der Waals surface area contributed by atoms with Crippen LogP contribution in [0.2, 0.25) is 0 Å². The van der Waals surface area contributed by atoms with Gasteiger partial charge < -0.3 is 9.30 Å². The lowest BCUT2D eigenvalue weighted by molar-refractivity contribution is -0.155. The third kappa shape index (κ3) is 4.24. The first-order valence-corrected chi connectivity index (χ1v) is 7.42. The summed E-state index contributed by atoms with van der Waals surface area (Å²) in [6, 6.07) is 0. The summed E-state index contributed by atoms with van der Waals surface area (Å²) in [7, 11) is 0. The SMILES string of the molecule is CC(C)(C)OC(=O)Cn1cc(C(F)(F)F)nc1C1CCCC1. The van der Waals surface area contributed by atoms with Crippen LogP contribution in [0, 0.1) is 0 Å². The Morgan fingerprint density at radius 3 is 2.41 bits per heavy atom. The van der Waals surface area contributed by atoms with Crippen LogP contribution in [0.1, 0.15) is 63.9 Å². The molecule has 0 aliphatic heterocycles. The maximum Gasteiger partial charge on any atom is 0.434 e. The smallest absolute Gasteiger partial charge is 0.434 e. The lowest BCUT2D eigenvalue weighted by Gasteiger charge is -2.20. The number of nitrogens with zero attached hydrogens (tertiary/aromatic N) is 2. The minimum atomic E-state index is -4.51. The molecule has 4 nitrogen and oxygen atoms in total. The third-order valence-electron chi connectivity index (χ3n) is 3.54. The number of esters is 1. The molecule has 0 saturated heterocycles. The number of hydrogen-bond acceptors (Lipinski definition) is 3. The predicted octanol–water partition coefficient (Wildman–Crippen LogP) is 3.90. The Morgan fingerprint density at radius 2 is 1.91 bits per heavy atom. The maximum atomic E-state index is 12.9. The number of halogens is 3. The summed E-state index contributed by atoms with van der Waals surface area (Å²) < 4.78 is 45.1. The van der Waals surface area contributed by atoms with Crippen LogP contribution in [-0.4, -0.2) is 21.1 Å². The molecule has 1 aromatic heterocycles. The number of carbonyl (C=O) groups excluding carboxylic acids is 1. The van der Waals surface area contributed by atoms with Gasteiger partial charge in [0.2, 0.25) is 0 Å². The quantitative estimate of drug-likeness (QED) is 0.794. The molecule has 0 spiro atoms. The first-order chi connectivity index (χ1) is 10.1. The minimum Gasteiger partial charge on any atom is -0.459 e. The number of ether oxygens (including phenoxy) is 1. The van der Waals surface area contributed by atoms with Crippen LogP contribution in [0.3, 0.4) is 0 Å². The predicted molar refractivity (Wildman–Crippen MR) is 74.3 cm³/mol. The van der Waals surface area contributed by atoms with Crippen molar-refractivity contribution in [1.82, 2.24) is 9.55 Å². The zero-order valence-corrected chi connectivity index (χ0v) is 13.0. The Labute approximate surface area is 127 Å². The van der Waals surface area contributed by atoms with Gasteiger partial charge in [-0.15, -0.1) is 0 Å². The third-order valence-corrected chi connectivity index (χ3v) is 3.54. The highest BCUT2D eigenvalue weighted by atomic mass is 19.4. The Hall–Kier alpha value is -1.53. The van der Waals surface area contributed by atoms with Gasteiger partial charge in [0.15, 0.2) is 5.69 Å². The molecule has 1 aliphatic rings. The van der Waals surface area contributed by atoms with Gasteiger partial charge >= 0.3 is 12.1 Å². The first-order valence-electron chi connectivity index (χ1n) is 7.42. The van der Waals surface area contributed by atoms with Crippen molar-refractivity contribution in [2.24, 2.45) is 0 Å². The normalized spacial score (nSPS) is 17.0. The Bertz CT molecular complexity index is 538. The van der Waals surface area contributed by atoms with Crippen LogP contribution in [0.15, 0.2) is 6.20 Å². The Balaban J connectivity index is 2.24. The Kier molecular flexibility index (Phi) is 4.54. The average Bonchev–Trinajstić information content (AvgIpc) is 2.92. The van der Waals surface area contributed by atoms with Gasteiger partial charge in [0.25, 0.3) is 0 Å². The van der Waals surface area contributed by atoms with Crippen LogP contribution in [0.4, 0.5) is 13.2 Å². The summed E-state index contributed by atoms with van der Waals surface area (Å²) >= 11 is 0. The lowest BCUT2D eigenvalue weighted by atomic mass is 10.1. The second kappa shape index (κ2) is 5.93. The summed E-state index contributed by atoms with van der Waals surface area (Å²) in [4.78, 5) is 15.6. The molecule has 0 N–H and O–H groups in total. The molecule has 1 fully saturated rings. The van der Waals surface area contributed by atoms with Gasteiger partial charge in [-0.2, -0.15) is 13.2 Å². The molecule has 22 heavy (non-hydrogen) atoms. The van der Waals surface area contributed by atoms with Crippen molar-refractivity contribution < 1.29 is 22.7 Å². The molecular formula is C15H21F3N2O2. The van der Waals surface area contributed by atoms with E-state index in [2.05, 4.69) is 4.98 Å². The number of alkyl halides is 3. The summed E-state index contributed by atoms with van der Waals surface area (Å²) in [6.45, 7) is 4.92. The molecule has 124 valence electrons. The summed E-state index contributed by atoms with van der Waals surface area (Å²) in [5.74, 6) is -0.230. The highest BCUT2D eigenvalue weighted by Gasteiger charge is 2.36. The minimum absolute atomic E-state index is 0.0152. The molecule has 1 aromatic rings. The van der Waals surface area contributed by atoms with Gasteiger partial charge in [0.1, 0.15) is 18.0 Å². The van der Waals surface area contributed by atoms with E-state index in [4.69, 9.17) is 4.74 Å². The van der Waals surface area contributed by atoms with Crippen LogP contribution in [0.5, 0.6) is 0 Å². The number of rotatable bonds is 3. The molecular weight excluding hydrogens is 297 g/mol. The van der Waals surface area contributed by atoms with E-state index >= 15 is 0 Å². The maximum absolute atomic E-state index is 12.9. The molecule has 1 saturated carbocycles. The molecule has 0 bridgehead atoms. The zero-order chi connectivity index (χ0) is 16.5. The molecule has 0 aromatic carbocycles. The van der Waals surface area contributed by atoms with Crippen molar-refractivity contribution in [3.05, 3.63) is 17.7 Å². The molecule has 1 heterocycles. The van der Waals surface area contributed by atoms with Crippen molar-refractivity contribution in [1.29, 1.82) is 0 Å². The van der Waals surface area contributed by atoms with Crippen LogP contribution in [0.25, 0.3) is 0 Å². The van der Waals surface area contributed by atoms with E-state index in [1.165, 1.54) is 4.57 Å². The molecule has 1 aliphatic carbocycles. The standard InChI is InChI=1S/C15H21F3N2O2/c1-14(2,3)22-12(21)9-20-8-11(15(16,17)18)19-13(20)10-6-4-5-7-10/h8,10H,4-7,9H2,1-3H3.